The molecule has 7 nitrogen and oxygen atoms in total. The van der Waals surface area contributed by atoms with Gasteiger partial charge in [0.15, 0.2) is 5.82 Å². The zero-order valence-electron chi connectivity index (χ0n) is 18.3. The summed E-state index contributed by atoms with van der Waals surface area (Å²) in [6, 6.07) is 7.84. The number of amides is 2. The van der Waals surface area contributed by atoms with Crippen LogP contribution in [0.1, 0.15) is 84.9 Å². The van der Waals surface area contributed by atoms with E-state index in [-0.39, 0.29) is 59.7 Å². The van der Waals surface area contributed by atoms with Gasteiger partial charge >= 0.3 is 0 Å². The number of benzene rings is 1. The number of nitrogens with one attached hydrogen (secondary N) is 2. The van der Waals surface area contributed by atoms with E-state index in [0.29, 0.717) is 0 Å². The number of hydrogen-bond donors (Lipinski definition) is 2. The maximum Gasteiger partial charge on any atom is 0.227 e. The summed E-state index contributed by atoms with van der Waals surface area (Å²) in [7, 11) is 0. The number of imide groups is 1. The minimum atomic E-state index is -0.253. The molecule has 1 aliphatic heterocycles. The molecule has 1 aliphatic carbocycles. The molecule has 1 fully saturated rings. The van der Waals surface area contributed by atoms with E-state index in [2.05, 4.69) is 35.2 Å². The lowest BCUT2D eigenvalue weighted by atomic mass is 9.75. The molecular weight excluding hydrogens is 404 g/mol. The van der Waals surface area contributed by atoms with Gasteiger partial charge in [0, 0.05) is 25.2 Å². The molecule has 0 bridgehead atoms. The number of ketones is 1. The van der Waals surface area contributed by atoms with Crippen LogP contribution in [0.25, 0.3) is 5.57 Å². The highest BCUT2D eigenvalue weighted by molar-refractivity contribution is 5.98. The van der Waals surface area contributed by atoms with Gasteiger partial charge in [0.05, 0.1) is 6.20 Å². The van der Waals surface area contributed by atoms with Gasteiger partial charge in [0.1, 0.15) is 11.8 Å². The first-order chi connectivity index (χ1) is 15.2. The molecule has 1 saturated heterocycles. The number of carbonyl (C=O) groups is 3. The van der Waals surface area contributed by atoms with E-state index in [1.54, 1.807) is 0 Å². The molecule has 0 saturated carbocycles. The molecule has 2 aromatic rings. The zero-order chi connectivity index (χ0) is 22.9. The predicted molar refractivity (Wildman–Crippen MR) is 119 cm³/mol. The Morgan fingerprint density at radius 2 is 2.00 bits per heavy atom. The number of carbonyl (C=O) groups excluding carboxylic acids is 3. The fourth-order valence-electron chi connectivity index (χ4n) is 4.41. The quantitative estimate of drug-likeness (QED) is 0.553. The van der Waals surface area contributed by atoms with Gasteiger partial charge in [0.25, 0.3) is 0 Å². The highest BCUT2D eigenvalue weighted by Gasteiger charge is 2.28. The summed E-state index contributed by atoms with van der Waals surface area (Å²) < 4.78 is 0. The second kappa shape index (κ2) is 8.54. The van der Waals surface area contributed by atoms with Gasteiger partial charge in [-0.05, 0) is 46.9 Å². The smallest absolute Gasteiger partial charge is 0.227 e. The van der Waals surface area contributed by atoms with Crippen molar-refractivity contribution in [3.05, 3.63) is 58.7 Å². The van der Waals surface area contributed by atoms with Gasteiger partial charge in [-0.15, -0.1) is 0 Å². The Hall–Kier alpha value is -3.53. The molecule has 0 unspecified atom stereocenters. The molecule has 0 spiro atoms. The molecule has 2 heterocycles. The summed E-state index contributed by atoms with van der Waals surface area (Å²) in [6.07, 6.45) is 7.21. The summed E-state index contributed by atoms with van der Waals surface area (Å²) in [5, 5.41) is 11.3. The van der Waals surface area contributed by atoms with Crippen LogP contribution in [0.2, 0.25) is 0 Å². The zero-order valence-corrected chi connectivity index (χ0v) is 18.3. The lowest BCUT2D eigenvalue weighted by Gasteiger charge is -2.30. The number of piperidine rings is 1. The number of H-pyrrole nitrogens is 1. The second-order valence-electron chi connectivity index (χ2n) is 9.45. The number of nitrogens with zero attached hydrogens (tertiary/aromatic N) is 2. The summed E-state index contributed by atoms with van der Waals surface area (Å²) in [6.45, 7) is 4.49. The first kappa shape index (κ1) is 21.7. The van der Waals surface area contributed by atoms with Crippen LogP contribution in [-0.4, -0.2) is 27.6 Å². The number of aromatic amines is 1. The fraction of sp³-hybridized carbons (Fsp3) is 0.400. The van der Waals surface area contributed by atoms with E-state index < -0.39 is 0 Å². The van der Waals surface area contributed by atoms with Gasteiger partial charge in [-0.2, -0.15) is 5.26 Å². The summed E-state index contributed by atoms with van der Waals surface area (Å²) in [4.78, 5) is 43.4. The lowest BCUT2D eigenvalue weighted by molar-refractivity contribution is -0.133. The number of aromatic nitrogens is 2. The Kier molecular flexibility index (Phi) is 5.79. The molecule has 0 atom stereocenters. The van der Waals surface area contributed by atoms with Crippen molar-refractivity contribution in [1.29, 1.82) is 5.26 Å². The molecule has 2 amide bonds. The molecule has 7 heteroatoms. The van der Waals surface area contributed by atoms with Crippen LogP contribution >= 0.6 is 0 Å². The van der Waals surface area contributed by atoms with Crippen molar-refractivity contribution in [1.82, 2.24) is 15.3 Å². The third-order valence-electron chi connectivity index (χ3n) is 6.38. The normalized spacial score (nSPS) is 18.6. The Morgan fingerprint density at radius 3 is 2.62 bits per heavy atom. The van der Waals surface area contributed by atoms with Gasteiger partial charge in [-0.25, -0.2) is 4.98 Å². The summed E-state index contributed by atoms with van der Waals surface area (Å²) in [5.41, 5.74) is 4.50. The maximum absolute atomic E-state index is 12.8. The van der Waals surface area contributed by atoms with Gasteiger partial charge in [-0.1, -0.05) is 38.1 Å². The van der Waals surface area contributed by atoms with E-state index in [0.717, 1.165) is 36.0 Å². The summed E-state index contributed by atoms with van der Waals surface area (Å²) in [5.74, 6) is -0.688. The van der Waals surface area contributed by atoms with Crippen LogP contribution in [0.5, 0.6) is 0 Å². The van der Waals surface area contributed by atoms with Crippen molar-refractivity contribution in [2.75, 3.05) is 0 Å². The number of Topliss-reactive ketones (excluding diaryl/α,β-unsaturated/α-hetero) is 1. The highest BCUT2D eigenvalue weighted by Crippen LogP contribution is 2.40. The van der Waals surface area contributed by atoms with Crippen molar-refractivity contribution in [3.8, 4) is 6.07 Å². The average Bonchev–Trinajstić information content (AvgIpc) is 3.23. The minimum Gasteiger partial charge on any atom is -0.327 e. The van der Waals surface area contributed by atoms with E-state index in [4.69, 9.17) is 5.26 Å². The highest BCUT2D eigenvalue weighted by atomic mass is 16.2. The molecule has 32 heavy (non-hydrogen) atoms. The Morgan fingerprint density at radius 1 is 1.25 bits per heavy atom. The standard InChI is InChI=1S/C25H26N4O3/c1-25(2)7-5-15(6-8-25)20-9-16(18-11-22(31)29-23(32)12-18)3-4-17(20)10-21(30)24-27-14-19(13-26)28-24/h3-5,9,14,18H,6-8,10-12H2,1-2H3,(H,27,28)(H,29,31,32). The minimum absolute atomic E-state index is 0.152. The number of hydrogen-bond acceptors (Lipinski definition) is 5. The van der Waals surface area contributed by atoms with Crippen molar-refractivity contribution in [2.24, 2.45) is 5.41 Å². The summed E-state index contributed by atoms with van der Waals surface area (Å²) >= 11 is 0. The van der Waals surface area contributed by atoms with Crippen LogP contribution in [0.15, 0.2) is 30.5 Å². The van der Waals surface area contributed by atoms with E-state index in [1.165, 1.54) is 11.8 Å². The number of allylic oxidation sites excluding steroid dienone is 2. The van der Waals surface area contributed by atoms with E-state index >= 15 is 0 Å². The molecule has 164 valence electrons. The third-order valence-corrected chi connectivity index (χ3v) is 6.38. The van der Waals surface area contributed by atoms with Gasteiger partial charge in [-0.3, -0.25) is 19.7 Å². The number of nitriles is 1. The van der Waals surface area contributed by atoms with Gasteiger partial charge in [0.2, 0.25) is 17.6 Å². The fourth-order valence-corrected chi connectivity index (χ4v) is 4.41. The van der Waals surface area contributed by atoms with Gasteiger partial charge < -0.3 is 4.98 Å². The SMILES string of the molecule is CC1(C)CC=C(c2cc(C3CC(=O)NC(=O)C3)ccc2CC(=O)c2ncc(C#N)[nH]2)CC1. The molecule has 1 aromatic heterocycles. The first-order valence-electron chi connectivity index (χ1n) is 10.9. The van der Waals surface area contributed by atoms with Crippen LogP contribution < -0.4 is 5.32 Å². The average molecular weight is 431 g/mol. The van der Waals surface area contributed by atoms with E-state index in [1.807, 2.05) is 24.3 Å². The number of imidazole rings is 1. The molecular formula is C25H26N4O3. The van der Waals surface area contributed by atoms with Crippen LogP contribution in [0.4, 0.5) is 0 Å². The van der Waals surface area contributed by atoms with Crippen molar-refractivity contribution < 1.29 is 14.4 Å². The van der Waals surface area contributed by atoms with Crippen molar-refractivity contribution in [2.45, 2.75) is 58.3 Å². The largest absolute Gasteiger partial charge is 0.327 e. The Balaban J connectivity index is 1.68. The molecule has 2 N–H and O–H groups in total. The monoisotopic (exact) mass is 430 g/mol. The second-order valence-corrected chi connectivity index (χ2v) is 9.45. The van der Waals surface area contributed by atoms with Crippen LogP contribution in [0, 0.1) is 16.7 Å². The first-order valence-corrected chi connectivity index (χ1v) is 10.9. The molecule has 4 rings (SSSR count). The number of rotatable bonds is 5. The molecule has 1 aromatic carbocycles. The van der Waals surface area contributed by atoms with E-state index in [9.17, 15) is 14.4 Å². The molecule has 0 radical (unpaired) electrons. The van der Waals surface area contributed by atoms with Crippen LogP contribution in [0.3, 0.4) is 0 Å². The van der Waals surface area contributed by atoms with Crippen molar-refractivity contribution in [3.63, 3.8) is 0 Å². The maximum atomic E-state index is 12.8. The third kappa shape index (κ3) is 4.70. The predicted octanol–water partition coefficient (Wildman–Crippen LogP) is 3.82. The lowest BCUT2D eigenvalue weighted by Crippen LogP contribution is -2.37. The Bertz CT molecular complexity index is 1150. The molecule has 2 aliphatic rings. The van der Waals surface area contributed by atoms with Crippen LogP contribution in [-0.2, 0) is 16.0 Å². The topological polar surface area (TPSA) is 116 Å². The Labute approximate surface area is 186 Å². The van der Waals surface area contributed by atoms with Crippen molar-refractivity contribution >= 4 is 23.2 Å².